The maximum Gasteiger partial charge on any atom is 0.231 e. The van der Waals surface area contributed by atoms with E-state index in [0.717, 1.165) is 29.4 Å². The molecule has 0 atom stereocenters. The first-order chi connectivity index (χ1) is 9.66. The third-order valence-electron chi connectivity index (χ3n) is 3.85. The first-order valence-electron chi connectivity index (χ1n) is 6.58. The number of hydrogen-bond donors (Lipinski definition) is 1. The highest BCUT2D eigenvalue weighted by Gasteiger charge is 2.49. The monoisotopic (exact) mass is 337 g/mol. The highest BCUT2D eigenvalue weighted by molar-refractivity contribution is 9.10. The van der Waals surface area contributed by atoms with Crippen LogP contribution in [0.15, 0.2) is 29.0 Å². The van der Waals surface area contributed by atoms with Crippen LogP contribution in [0.1, 0.15) is 19.3 Å². The van der Waals surface area contributed by atoms with Crippen LogP contribution < -0.4 is 5.32 Å². The molecule has 0 aliphatic heterocycles. The van der Waals surface area contributed by atoms with Crippen LogP contribution in [-0.4, -0.2) is 29.0 Å². The molecule has 0 radical (unpaired) electrons. The van der Waals surface area contributed by atoms with E-state index in [9.17, 15) is 4.79 Å². The Bertz CT molecular complexity index is 649. The molecular formula is C14H16BrN3O2. The van der Waals surface area contributed by atoms with E-state index in [0.29, 0.717) is 12.4 Å². The van der Waals surface area contributed by atoms with Crippen molar-refractivity contribution in [2.75, 3.05) is 19.0 Å². The van der Waals surface area contributed by atoms with Gasteiger partial charge in [-0.05, 0) is 47.3 Å². The zero-order valence-electron chi connectivity index (χ0n) is 11.2. The fraction of sp³-hybridized carbons (Fsp3) is 0.429. The summed E-state index contributed by atoms with van der Waals surface area (Å²) in [6.45, 7) is 0.617. The van der Waals surface area contributed by atoms with Gasteiger partial charge in [-0.15, -0.1) is 0 Å². The van der Waals surface area contributed by atoms with Crippen molar-refractivity contribution in [1.82, 2.24) is 9.38 Å². The van der Waals surface area contributed by atoms with Gasteiger partial charge in [-0.1, -0.05) is 0 Å². The lowest BCUT2D eigenvalue weighted by Gasteiger charge is -2.14. The maximum absolute atomic E-state index is 12.4. The van der Waals surface area contributed by atoms with Gasteiger partial charge in [-0.2, -0.15) is 0 Å². The molecule has 20 heavy (non-hydrogen) atoms. The molecule has 3 rings (SSSR count). The quantitative estimate of drug-likeness (QED) is 0.912. The molecule has 0 spiro atoms. The lowest BCUT2D eigenvalue weighted by Crippen LogP contribution is -2.26. The summed E-state index contributed by atoms with van der Waals surface area (Å²) in [6.07, 6.45) is 6.21. The van der Waals surface area contributed by atoms with E-state index in [-0.39, 0.29) is 11.3 Å². The molecule has 6 heteroatoms. The second-order valence-electron chi connectivity index (χ2n) is 5.17. The Morgan fingerprint density at radius 1 is 1.60 bits per heavy atom. The molecule has 1 aliphatic rings. The average Bonchev–Trinajstić information content (AvgIpc) is 3.13. The molecule has 2 heterocycles. The number of aromatic nitrogens is 2. The lowest BCUT2D eigenvalue weighted by molar-refractivity contribution is -0.121. The maximum atomic E-state index is 12.4. The number of nitrogens with zero attached hydrogens (tertiary/aromatic N) is 2. The smallest absolute Gasteiger partial charge is 0.231 e. The SMILES string of the molecule is COCCC1(C(=O)Nc2cnc3c(Br)cccn23)CC1. The molecular weight excluding hydrogens is 322 g/mol. The third kappa shape index (κ3) is 2.33. The zero-order chi connectivity index (χ0) is 14.2. The summed E-state index contributed by atoms with van der Waals surface area (Å²) >= 11 is 3.45. The van der Waals surface area contributed by atoms with Crippen molar-refractivity contribution in [3.8, 4) is 0 Å². The van der Waals surface area contributed by atoms with Crippen molar-refractivity contribution in [1.29, 1.82) is 0 Å². The third-order valence-corrected chi connectivity index (χ3v) is 4.47. The number of carbonyl (C=O) groups excluding carboxylic acids is 1. The highest BCUT2D eigenvalue weighted by Crippen LogP contribution is 2.49. The van der Waals surface area contributed by atoms with Crippen molar-refractivity contribution in [2.45, 2.75) is 19.3 Å². The topological polar surface area (TPSA) is 55.6 Å². The van der Waals surface area contributed by atoms with Crippen molar-refractivity contribution in [3.05, 3.63) is 29.0 Å². The van der Waals surface area contributed by atoms with Crippen LogP contribution in [0.5, 0.6) is 0 Å². The first kappa shape index (κ1) is 13.6. The normalized spacial score (nSPS) is 16.3. The summed E-state index contributed by atoms with van der Waals surface area (Å²) < 4.78 is 7.86. The van der Waals surface area contributed by atoms with Crippen molar-refractivity contribution < 1.29 is 9.53 Å². The molecule has 0 unspecified atom stereocenters. The van der Waals surface area contributed by atoms with E-state index < -0.39 is 0 Å². The van der Waals surface area contributed by atoms with Gasteiger partial charge in [0.25, 0.3) is 0 Å². The number of rotatable bonds is 5. The fourth-order valence-electron chi connectivity index (χ4n) is 2.36. The van der Waals surface area contributed by atoms with E-state index in [2.05, 4.69) is 26.2 Å². The van der Waals surface area contributed by atoms with Crippen LogP contribution in [0.3, 0.4) is 0 Å². The van der Waals surface area contributed by atoms with Crippen molar-refractivity contribution in [2.24, 2.45) is 5.41 Å². The summed E-state index contributed by atoms with van der Waals surface area (Å²) in [7, 11) is 1.66. The summed E-state index contributed by atoms with van der Waals surface area (Å²) in [5.41, 5.74) is 0.552. The zero-order valence-corrected chi connectivity index (χ0v) is 12.8. The van der Waals surface area contributed by atoms with Gasteiger partial charge in [-0.25, -0.2) is 4.98 Å². The molecule has 0 aromatic carbocycles. The van der Waals surface area contributed by atoms with Gasteiger partial charge in [0, 0.05) is 19.9 Å². The molecule has 1 saturated carbocycles. The molecule has 1 amide bonds. The number of anilines is 1. The summed E-state index contributed by atoms with van der Waals surface area (Å²) in [5, 5.41) is 2.99. The van der Waals surface area contributed by atoms with E-state index >= 15 is 0 Å². The molecule has 2 aromatic rings. The van der Waals surface area contributed by atoms with Gasteiger partial charge in [0.1, 0.15) is 5.82 Å². The minimum atomic E-state index is -0.244. The van der Waals surface area contributed by atoms with Gasteiger partial charge in [-0.3, -0.25) is 9.20 Å². The van der Waals surface area contributed by atoms with Crippen LogP contribution in [0, 0.1) is 5.41 Å². The van der Waals surface area contributed by atoms with Crippen LogP contribution in [0.4, 0.5) is 5.82 Å². The summed E-state index contributed by atoms with van der Waals surface area (Å²) in [4.78, 5) is 16.7. The fourth-order valence-corrected chi connectivity index (χ4v) is 2.80. The number of pyridine rings is 1. The number of halogens is 1. The molecule has 1 N–H and O–H groups in total. The van der Waals surface area contributed by atoms with Crippen LogP contribution in [0.2, 0.25) is 0 Å². The Morgan fingerprint density at radius 2 is 2.40 bits per heavy atom. The number of amides is 1. The number of fused-ring (bicyclic) bond motifs is 1. The van der Waals surface area contributed by atoms with E-state index in [4.69, 9.17) is 4.74 Å². The minimum absolute atomic E-state index is 0.0660. The predicted octanol–water partition coefficient (Wildman–Crippen LogP) is 2.85. The summed E-state index contributed by atoms with van der Waals surface area (Å²) in [6, 6.07) is 3.83. The predicted molar refractivity (Wildman–Crippen MR) is 79.7 cm³/mol. The van der Waals surface area contributed by atoms with Crippen LogP contribution in [0.25, 0.3) is 5.65 Å². The van der Waals surface area contributed by atoms with E-state index in [1.165, 1.54) is 0 Å². The van der Waals surface area contributed by atoms with Gasteiger partial charge in [0.05, 0.1) is 16.1 Å². The molecule has 0 saturated heterocycles. The largest absolute Gasteiger partial charge is 0.385 e. The standard InChI is InChI=1S/C14H16BrN3O2/c1-20-8-6-14(4-5-14)13(19)17-11-9-16-12-10(15)3-2-7-18(11)12/h2-3,7,9H,4-6,8H2,1H3,(H,17,19). The Morgan fingerprint density at radius 3 is 3.10 bits per heavy atom. The molecule has 2 aromatic heterocycles. The number of carbonyl (C=O) groups is 1. The number of methoxy groups -OCH3 is 1. The van der Waals surface area contributed by atoms with Crippen LogP contribution in [-0.2, 0) is 9.53 Å². The van der Waals surface area contributed by atoms with E-state index in [1.807, 2.05) is 22.7 Å². The molecule has 1 aliphatic carbocycles. The molecule has 1 fully saturated rings. The van der Waals surface area contributed by atoms with Gasteiger partial charge < -0.3 is 10.1 Å². The molecule has 106 valence electrons. The Kier molecular flexibility index (Phi) is 3.52. The number of nitrogens with one attached hydrogen (secondary N) is 1. The number of hydrogen-bond acceptors (Lipinski definition) is 3. The average molecular weight is 338 g/mol. The Hall–Kier alpha value is -1.40. The van der Waals surface area contributed by atoms with Crippen LogP contribution >= 0.6 is 15.9 Å². The highest BCUT2D eigenvalue weighted by atomic mass is 79.9. The van der Waals surface area contributed by atoms with Crippen molar-refractivity contribution in [3.63, 3.8) is 0 Å². The second kappa shape index (κ2) is 5.18. The number of imidazole rings is 1. The van der Waals surface area contributed by atoms with Gasteiger partial charge in [0.2, 0.25) is 5.91 Å². The number of ether oxygens (including phenoxy) is 1. The lowest BCUT2D eigenvalue weighted by atomic mass is 10.0. The first-order valence-corrected chi connectivity index (χ1v) is 7.37. The second-order valence-corrected chi connectivity index (χ2v) is 6.02. The van der Waals surface area contributed by atoms with E-state index in [1.54, 1.807) is 13.3 Å². The Labute approximate surface area is 125 Å². The minimum Gasteiger partial charge on any atom is -0.385 e. The molecule has 0 bridgehead atoms. The Balaban J connectivity index is 1.80. The van der Waals surface area contributed by atoms with Crippen molar-refractivity contribution >= 4 is 33.3 Å². The van der Waals surface area contributed by atoms with Gasteiger partial charge >= 0.3 is 0 Å². The van der Waals surface area contributed by atoms with Gasteiger partial charge in [0.15, 0.2) is 5.65 Å². The summed E-state index contributed by atoms with van der Waals surface area (Å²) in [5.74, 6) is 0.770. The molecule has 5 nitrogen and oxygen atoms in total.